The van der Waals surface area contributed by atoms with E-state index in [4.69, 9.17) is 34.8 Å². The van der Waals surface area contributed by atoms with Crippen molar-refractivity contribution in [1.29, 1.82) is 0 Å². The molecule has 0 radical (unpaired) electrons. The molecule has 2 aromatic heterocycles. The summed E-state index contributed by atoms with van der Waals surface area (Å²) in [7, 11) is 0. The summed E-state index contributed by atoms with van der Waals surface area (Å²) in [6.45, 7) is 0. The Labute approximate surface area is 120 Å². The molecule has 0 atom stereocenters. The second kappa shape index (κ2) is 5.00. The fourth-order valence-electron chi connectivity index (χ4n) is 1.04. The Hall–Kier alpha value is -0.170. The first-order chi connectivity index (χ1) is 7.58. The van der Waals surface area contributed by atoms with Crippen LogP contribution < -0.4 is 0 Å². The van der Waals surface area contributed by atoms with Gasteiger partial charge in [-0.1, -0.05) is 34.8 Å². The second-order valence-corrected chi connectivity index (χ2v) is 5.18. The molecule has 0 N–H and O–H groups in total. The summed E-state index contributed by atoms with van der Waals surface area (Å²) in [5.74, 6) is 0.382. The van der Waals surface area contributed by atoms with Crippen LogP contribution in [0, 0.1) is 3.57 Å². The van der Waals surface area contributed by atoms with Gasteiger partial charge in [0, 0.05) is 12.4 Å². The molecule has 0 saturated heterocycles. The van der Waals surface area contributed by atoms with E-state index in [1.165, 1.54) is 6.20 Å². The Bertz CT molecular complexity index is 548. The van der Waals surface area contributed by atoms with Crippen molar-refractivity contribution in [3.63, 3.8) is 0 Å². The topological polar surface area (TPSA) is 38.7 Å². The number of pyridine rings is 1. The van der Waals surface area contributed by atoms with Crippen LogP contribution >= 0.6 is 57.4 Å². The van der Waals surface area contributed by atoms with Crippen LogP contribution in [0.2, 0.25) is 15.2 Å². The zero-order valence-electron chi connectivity index (χ0n) is 7.59. The van der Waals surface area contributed by atoms with Crippen LogP contribution in [-0.4, -0.2) is 15.0 Å². The maximum atomic E-state index is 5.98. The van der Waals surface area contributed by atoms with Crippen LogP contribution in [0.4, 0.5) is 0 Å². The summed E-state index contributed by atoms with van der Waals surface area (Å²) in [4.78, 5) is 12.3. The SMILES string of the molecule is Clc1cnc(-c2ncc(I)c(Cl)n2)c(Cl)c1. The summed E-state index contributed by atoms with van der Waals surface area (Å²) in [5.41, 5.74) is 0.462. The number of hydrogen-bond donors (Lipinski definition) is 0. The summed E-state index contributed by atoms with van der Waals surface area (Å²) in [6.07, 6.45) is 3.09. The van der Waals surface area contributed by atoms with E-state index in [9.17, 15) is 0 Å². The third kappa shape index (κ3) is 2.56. The number of halogens is 4. The maximum absolute atomic E-state index is 5.98. The van der Waals surface area contributed by atoms with E-state index in [1.807, 2.05) is 22.6 Å². The van der Waals surface area contributed by atoms with Gasteiger partial charge in [0.25, 0.3) is 0 Å². The van der Waals surface area contributed by atoms with Gasteiger partial charge in [-0.15, -0.1) is 0 Å². The molecule has 0 aliphatic rings. The van der Waals surface area contributed by atoms with E-state index in [2.05, 4.69) is 15.0 Å². The normalized spacial score (nSPS) is 10.5. The smallest absolute Gasteiger partial charge is 0.181 e. The Balaban J connectivity index is 2.54. The Morgan fingerprint density at radius 3 is 2.44 bits per heavy atom. The molecule has 0 fully saturated rings. The molecule has 0 aliphatic heterocycles. The van der Waals surface area contributed by atoms with Gasteiger partial charge < -0.3 is 0 Å². The van der Waals surface area contributed by atoms with E-state index in [0.717, 1.165) is 3.57 Å². The third-order valence-electron chi connectivity index (χ3n) is 1.72. The highest BCUT2D eigenvalue weighted by atomic mass is 127. The Morgan fingerprint density at radius 1 is 1.06 bits per heavy atom. The highest BCUT2D eigenvalue weighted by Crippen LogP contribution is 2.26. The molecule has 82 valence electrons. The summed E-state index contributed by atoms with van der Waals surface area (Å²) >= 11 is 19.7. The average Bonchev–Trinajstić information content (AvgIpc) is 2.22. The lowest BCUT2D eigenvalue weighted by atomic mass is 10.3. The molecule has 0 bridgehead atoms. The molecule has 16 heavy (non-hydrogen) atoms. The fourth-order valence-corrected chi connectivity index (χ4v) is 1.89. The van der Waals surface area contributed by atoms with E-state index >= 15 is 0 Å². The molecule has 0 unspecified atom stereocenters. The molecule has 2 heterocycles. The van der Waals surface area contributed by atoms with Crippen LogP contribution in [-0.2, 0) is 0 Å². The monoisotopic (exact) mass is 385 g/mol. The minimum Gasteiger partial charge on any atom is -0.250 e. The van der Waals surface area contributed by atoms with Gasteiger partial charge >= 0.3 is 0 Å². The van der Waals surface area contributed by atoms with Crippen molar-refractivity contribution >= 4 is 57.4 Å². The van der Waals surface area contributed by atoms with Gasteiger partial charge in [0.15, 0.2) is 5.82 Å². The largest absolute Gasteiger partial charge is 0.250 e. The second-order valence-electron chi connectivity index (χ2n) is 2.82. The molecular weight excluding hydrogens is 383 g/mol. The van der Waals surface area contributed by atoms with Crippen LogP contribution in [0.3, 0.4) is 0 Å². The molecule has 0 aromatic carbocycles. The van der Waals surface area contributed by atoms with E-state index < -0.39 is 0 Å². The van der Waals surface area contributed by atoms with Gasteiger partial charge in [0.2, 0.25) is 0 Å². The molecule has 7 heteroatoms. The number of aromatic nitrogens is 3. The Kier molecular flexibility index (Phi) is 3.84. The summed E-state index contributed by atoms with van der Waals surface area (Å²) in [6, 6.07) is 1.58. The minimum absolute atomic E-state index is 0.374. The number of nitrogens with zero attached hydrogens (tertiary/aromatic N) is 3. The highest BCUT2D eigenvalue weighted by Gasteiger charge is 2.10. The number of hydrogen-bond acceptors (Lipinski definition) is 3. The summed E-state index contributed by atoms with van der Waals surface area (Å²) < 4.78 is 0.771. The fraction of sp³-hybridized carbons (Fsp3) is 0. The predicted molar refractivity (Wildman–Crippen MR) is 73.0 cm³/mol. The molecule has 0 aliphatic carbocycles. The van der Waals surface area contributed by atoms with Gasteiger partial charge in [-0.25, -0.2) is 15.0 Å². The average molecular weight is 386 g/mol. The van der Waals surface area contributed by atoms with Crippen molar-refractivity contribution in [2.75, 3.05) is 0 Å². The first-order valence-electron chi connectivity index (χ1n) is 4.07. The molecule has 0 amide bonds. The lowest BCUT2D eigenvalue weighted by Crippen LogP contribution is -1.94. The lowest BCUT2D eigenvalue weighted by molar-refractivity contribution is 1.13. The minimum atomic E-state index is 0.374. The zero-order chi connectivity index (χ0) is 11.7. The zero-order valence-corrected chi connectivity index (χ0v) is 12.0. The Morgan fingerprint density at radius 2 is 1.81 bits per heavy atom. The van der Waals surface area contributed by atoms with Crippen LogP contribution in [0.5, 0.6) is 0 Å². The molecule has 0 spiro atoms. The van der Waals surface area contributed by atoms with Gasteiger partial charge in [0.1, 0.15) is 10.8 Å². The molecule has 3 nitrogen and oxygen atoms in total. The highest BCUT2D eigenvalue weighted by molar-refractivity contribution is 14.1. The first-order valence-corrected chi connectivity index (χ1v) is 6.28. The number of rotatable bonds is 1. The quantitative estimate of drug-likeness (QED) is 0.547. The van der Waals surface area contributed by atoms with E-state index in [1.54, 1.807) is 12.3 Å². The van der Waals surface area contributed by atoms with Crippen molar-refractivity contribution in [2.24, 2.45) is 0 Å². The van der Waals surface area contributed by atoms with Crippen LogP contribution in [0.15, 0.2) is 18.5 Å². The molecule has 2 rings (SSSR count). The predicted octanol–water partition coefficient (Wildman–Crippen LogP) is 4.10. The van der Waals surface area contributed by atoms with Gasteiger partial charge in [-0.3, -0.25) is 0 Å². The maximum Gasteiger partial charge on any atom is 0.181 e. The standard InChI is InChI=1S/C9H3Cl3IN3/c10-4-1-5(11)7(14-2-4)9-15-3-6(13)8(12)16-9/h1-3H. The van der Waals surface area contributed by atoms with E-state index in [0.29, 0.717) is 26.7 Å². The van der Waals surface area contributed by atoms with Crippen molar-refractivity contribution in [1.82, 2.24) is 15.0 Å². The first kappa shape index (κ1) is 12.3. The molecule has 2 aromatic rings. The lowest BCUT2D eigenvalue weighted by Gasteiger charge is -2.03. The third-order valence-corrected chi connectivity index (χ3v) is 3.61. The van der Waals surface area contributed by atoms with Crippen molar-refractivity contribution in [3.8, 4) is 11.5 Å². The van der Waals surface area contributed by atoms with Crippen LogP contribution in [0.25, 0.3) is 11.5 Å². The van der Waals surface area contributed by atoms with Crippen molar-refractivity contribution < 1.29 is 0 Å². The van der Waals surface area contributed by atoms with Gasteiger partial charge in [0.05, 0.1) is 13.6 Å². The van der Waals surface area contributed by atoms with E-state index in [-0.39, 0.29) is 0 Å². The summed E-state index contributed by atoms with van der Waals surface area (Å²) in [5, 5.41) is 1.23. The molecular formula is C9H3Cl3IN3. The van der Waals surface area contributed by atoms with Crippen molar-refractivity contribution in [3.05, 3.63) is 37.2 Å². The van der Waals surface area contributed by atoms with Gasteiger partial charge in [-0.2, -0.15) is 0 Å². The van der Waals surface area contributed by atoms with Crippen LogP contribution in [0.1, 0.15) is 0 Å². The van der Waals surface area contributed by atoms with Gasteiger partial charge in [-0.05, 0) is 28.7 Å². The van der Waals surface area contributed by atoms with Crippen molar-refractivity contribution in [2.45, 2.75) is 0 Å². The molecule has 0 saturated carbocycles.